The smallest absolute Gasteiger partial charge is 0.0927 e. The Morgan fingerprint density at radius 3 is 2.29 bits per heavy atom. The highest BCUT2D eigenvalue weighted by molar-refractivity contribution is 5.87. The molecule has 2 N–H and O–H groups in total. The Hall–Kier alpha value is -2.00. The molecule has 2 aromatic carbocycles. The van der Waals surface area contributed by atoms with Gasteiger partial charge in [-0.05, 0) is 36.7 Å². The van der Waals surface area contributed by atoms with Crippen molar-refractivity contribution in [3.63, 3.8) is 0 Å². The van der Waals surface area contributed by atoms with Gasteiger partial charge in [-0.2, -0.15) is 0 Å². The van der Waals surface area contributed by atoms with Gasteiger partial charge in [0.25, 0.3) is 0 Å². The summed E-state index contributed by atoms with van der Waals surface area (Å²) in [6.07, 6.45) is 0.838. The highest BCUT2D eigenvalue weighted by atomic mass is 14.8. The summed E-state index contributed by atoms with van der Waals surface area (Å²) in [6.45, 7) is 0.633. The van der Waals surface area contributed by atoms with Gasteiger partial charge in [-0.25, -0.2) is 9.97 Å². The largest absolute Gasteiger partial charge is 0.330 e. The fraction of sp³-hybridized carbons (Fsp3) is 0.143. The molecule has 0 saturated carbocycles. The lowest BCUT2D eigenvalue weighted by atomic mass is 10.1. The Balaban J connectivity index is 2.35. The summed E-state index contributed by atoms with van der Waals surface area (Å²) in [5.41, 5.74) is 10.6. The molecule has 3 rings (SSSR count). The summed E-state index contributed by atoms with van der Waals surface area (Å²) in [6, 6.07) is 14.0. The average molecular weight is 223 g/mol. The molecule has 0 aliphatic heterocycles. The van der Waals surface area contributed by atoms with Crippen LogP contribution < -0.4 is 5.73 Å². The Morgan fingerprint density at radius 1 is 0.824 bits per heavy atom. The zero-order valence-corrected chi connectivity index (χ0v) is 9.43. The standard InChI is InChI=1S/C14H13N3/c15-9-8-10-4-3-7-13-14(10)17-12-6-2-1-5-11(12)16-13/h1-7H,8-9,15H2. The molecule has 84 valence electrons. The van der Waals surface area contributed by atoms with Crippen LogP contribution >= 0.6 is 0 Å². The zero-order valence-electron chi connectivity index (χ0n) is 9.43. The fourth-order valence-electron chi connectivity index (χ4n) is 2.06. The Morgan fingerprint density at radius 2 is 1.53 bits per heavy atom. The van der Waals surface area contributed by atoms with Crippen LogP contribution in [0.5, 0.6) is 0 Å². The molecule has 0 bridgehead atoms. The fourth-order valence-corrected chi connectivity index (χ4v) is 2.06. The quantitative estimate of drug-likeness (QED) is 0.678. The number of fused-ring (bicyclic) bond motifs is 2. The van der Waals surface area contributed by atoms with Gasteiger partial charge in [0.1, 0.15) is 0 Å². The number of hydrogen-bond acceptors (Lipinski definition) is 3. The van der Waals surface area contributed by atoms with Crippen LogP contribution in [0.1, 0.15) is 5.56 Å². The molecule has 0 aliphatic carbocycles. The Kier molecular flexibility index (Phi) is 2.46. The van der Waals surface area contributed by atoms with Crippen LogP contribution in [0.3, 0.4) is 0 Å². The topological polar surface area (TPSA) is 51.8 Å². The first-order valence-corrected chi connectivity index (χ1v) is 5.73. The van der Waals surface area contributed by atoms with Crippen molar-refractivity contribution in [3.05, 3.63) is 48.0 Å². The highest BCUT2D eigenvalue weighted by Gasteiger charge is 2.04. The van der Waals surface area contributed by atoms with E-state index in [0.717, 1.165) is 28.5 Å². The van der Waals surface area contributed by atoms with E-state index in [2.05, 4.69) is 16.0 Å². The lowest BCUT2D eigenvalue weighted by molar-refractivity contribution is 0.973. The van der Waals surface area contributed by atoms with Crippen LogP contribution in [0.2, 0.25) is 0 Å². The number of para-hydroxylation sites is 3. The summed E-state index contributed by atoms with van der Waals surface area (Å²) >= 11 is 0. The molecule has 0 radical (unpaired) electrons. The first kappa shape index (κ1) is 10.2. The molecule has 3 nitrogen and oxygen atoms in total. The molecule has 3 heteroatoms. The molecule has 0 spiro atoms. The molecule has 17 heavy (non-hydrogen) atoms. The Bertz CT molecular complexity index is 676. The van der Waals surface area contributed by atoms with E-state index >= 15 is 0 Å². The van der Waals surface area contributed by atoms with Gasteiger partial charge in [-0.1, -0.05) is 24.3 Å². The van der Waals surface area contributed by atoms with Crippen molar-refractivity contribution >= 4 is 22.1 Å². The van der Waals surface area contributed by atoms with Gasteiger partial charge in [0.05, 0.1) is 22.1 Å². The van der Waals surface area contributed by atoms with Crippen LogP contribution in [0.4, 0.5) is 0 Å². The van der Waals surface area contributed by atoms with Gasteiger partial charge in [0, 0.05) is 0 Å². The summed E-state index contributed by atoms with van der Waals surface area (Å²) in [5, 5.41) is 0. The van der Waals surface area contributed by atoms with Gasteiger partial charge in [0.2, 0.25) is 0 Å². The molecular weight excluding hydrogens is 210 g/mol. The molecular formula is C14H13N3. The lowest BCUT2D eigenvalue weighted by Gasteiger charge is -2.05. The second-order valence-corrected chi connectivity index (χ2v) is 4.04. The maximum atomic E-state index is 5.62. The van der Waals surface area contributed by atoms with Crippen molar-refractivity contribution in [2.45, 2.75) is 6.42 Å². The predicted molar refractivity (Wildman–Crippen MR) is 69.8 cm³/mol. The minimum absolute atomic E-state index is 0.633. The summed E-state index contributed by atoms with van der Waals surface area (Å²) < 4.78 is 0. The van der Waals surface area contributed by atoms with E-state index < -0.39 is 0 Å². The molecule has 0 atom stereocenters. The summed E-state index contributed by atoms with van der Waals surface area (Å²) in [5.74, 6) is 0. The number of hydrogen-bond donors (Lipinski definition) is 1. The van der Waals surface area contributed by atoms with E-state index in [1.54, 1.807) is 0 Å². The van der Waals surface area contributed by atoms with E-state index in [0.29, 0.717) is 6.54 Å². The minimum atomic E-state index is 0.633. The van der Waals surface area contributed by atoms with Crippen molar-refractivity contribution < 1.29 is 0 Å². The third-order valence-electron chi connectivity index (χ3n) is 2.87. The monoisotopic (exact) mass is 223 g/mol. The number of nitrogens with zero attached hydrogens (tertiary/aromatic N) is 2. The zero-order chi connectivity index (χ0) is 11.7. The number of aromatic nitrogens is 2. The van der Waals surface area contributed by atoms with E-state index in [4.69, 9.17) is 5.73 Å². The van der Waals surface area contributed by atoms with E-state index in [1.165, 1.54) is 5.56 Å². The van der Waals surface area contributed by atoms with Crippen LogP contribution in [0.15, 0.2) is 42.5 Å². The molecule has 1 aromatic heterocycles. The van der Waals surface area contributed by atoms with Gasteiger partial charge in [-0.15, -0.1) is 0 Å². The van der Waals surface area contributed by atoms with Crippen molar-refractivity contribution in [2.75, 3.05) is 6.54 Å². The maximum Gasteiger partial charge on any atom is 0.0927 e. The van der Waals surface area contributed by atoms with Crippen LogP contribution in [-0.4, -0.2) is 16.5 Å². The third kappa shape index (κ3) is 1.74. The van der Waals surface area contributed by atoms with E-state index in [9.17, 15) is 0 Å². The second-order valence-electron chi connectivity index (χ2n) is 4.04. The lowest BCUT2D eigenvalue weighted by Crippen LogP contribution is -2.04. The van der Waals surface area contributed by atoms with Gasteiger partial charge in [-0.3, -0.25) is 0 Å². The molecule has 0 unspecified atom stereocenters. The minimum Gasteiger partial charge on any atom is -0.330 e. The van der Waals surface area contributed by atoms with E-state index in [-0.39, 0.29) is 0 Å². The van der Waals surface area contributed by atoms with E-state index in [1.807, 2.05) is 36.4 Å². The first-order chi connectivity index (χ1) is 8.38. The van der Waals surface area contributed by atoms with Gasteiger partial charge in [0.15, 0.2) is 0 Å². The number of nitrogens with two attached hydrogens (primary N) is 1. The maximum absolute atomic E-state index is 5.62. The highest BCUT2D eigenvalue weighted by Crippen LogP contribution is 2.19. The number of rotatable bonds is 2. The third-order valence-corrected chi connectivity index (χ3v) is 2.87. The molecule has 0 aliphatic rings. The molecule has 0 saturated heterocycles. The number of benzene rings is 2. The SMILES string of the molecule is NCCc1cccc2nc3ccccc3nc12. The van der Waals surface area contributed by atoms with Crippen molar-refractivity contribution in [2.24, 2.45) is 5.73 Å². The van der Waals surface area contributed by atoms with Crippen LogP contribution in [0.25, 0.3) is 22.1 Å². The van der Waals surface area contributed by atoms with Crippen LogP contribution in [-0.2, 0) is 6.42 Å². The summed E-state index contributed by atoms with van der Waals surface area (Å²) in [7, 11) is 0. The molecule has 1 heterocycles. The van der Waals surface area contributed by atoms with Crippen molar-refractivity contribution in [1.82, 2.24) is 9.97 Å². The van der Waals surface area contributed by atoms with Crippen molar-refractivity contribution in [3.8, 4) is 0 Å². The molecule has 0 fully saturated rings. The predicted octanol–water partition coefficient (Wildman–Crippen LogP) is 2.28. The second kappa shape index (κ2) is 4.11. The Labute approximate surface area is 99.3 Å². The normalized spacial score (nSPS) is 11.1. The first-order valence-electron chi connectivity index (χ1n) is 5.73. The van der Waals surface area contributed by atoms with Gasteiger partial charge >= 0.3 is 0 Å². The molecule has 0 amide bonds. The average Bonchev–Trinajstić information content (AvgIpc) is 2.37. The van der Waals surface area contributed by atoms with Crippen LogP contribution in [0, 0.1) is 0 Å². The van der Waals surface area contributed by atoms with Gasteiger partial charge < -0.3 is 5.73 Å². The van der Waals surface area contributed by atoms with Crippen molar-refractivity contribution in [1.29, 1.82) is 0 Å². The summed E-state index contributed by atoms with van der Waals surface area (Å²) in [4.78, 5) is 9.30. The molecule has 3 aromatic rings.